The SMILES string of the molecule is COc1ccc2c(c1)c(/C=C/c1nc(/C=C3\C=Nc4ccccc43)c(O)n1CC(=O)OC(C)(C)C)cn2C. The van der Waals surface area contributed by atoms with E-state index in [1.807, 2.05) is 66.4 Å². The van der Waals surface area contributed by atoms with E-state index in [1.165, 1.54) is 4.57 Å². The molecule has 0 radical (unpaired) electrons. The van der Waals surface area contributed by atoms with Crippen LogP contribution in [-0.2, 0) is 23.1 Å². The van der Waals surface area contributed by atoms with Gasteiger partial charge in [-0.25, -0.2) is 4.98 Å². The molecule has 0 aliphatic carbocycles. The van der Waals surface area contributed by atoms with Gasteiger partial charge in [0.2, 0.25) is 5.88 Å². The summed E-state index contributed by atoms with van der Waals surface area (Å²) in [6.45, 7) is 5.23. The third kappa shape index (κ3) is 4.98. The molecular formula is C30H30N4O4. The summed E-state index contributed by atoms with van der Waals surface area (Å²) in [5.74, 6) is 0.584. The zero-order valence-corrected chi connectivity index (χ0v) is 22.1. The van der Waals surface area contributed by atoms with Gasteiger partial charge in [-0.3, -0.25) is 14.4 Å². The van der Waals surface area contributed by atoms with Crippen molar-refractivity contribution in [3.63, 3.8) is 0 Å². The first-order chi connectivity index (χ1) is 18.1. The van der Waals surface area contributed by atoms with Crippen molar-refractivity contribution in [1.82, 2.24) is 14.1 Å². The van der Waals surface area contributed by atoms with Gasteiger partial charge in [0.05, 0.1) is 12.8 Å². The largest absolute Gasteiger partial charge is 0.497 e. The molecule has 8 nitrogen and oxygen atoms in total. The maximum absolute atomic E-state index is 12.7. The number of fused-ring (bicyclic) bond motifs is 2. The number of aromatic hydroxyl groups is 1. The maximum Gasteiger partial charge on any atom is 0.326 e. The second-order valence-corrected chi connectivity index (χ2v) is 10.1. The highest BCUT2D eigenvalue weighted by Gasteiger charge is 2.22. The number of carbonyl (C=O) groups is 1. The van der Waals surface area contributed by atoms with Crippen LogP contribution in [-0.4, -0.2) is 44.1 Å². The van der Waals surface area contributed by atoms with Gasteiger partial charge < -0.3 is 19.1 Å². The van der Waals surface area contributed by atoms with Crippen molar-refractivity contribution in [2.75, 3.05) is 7.11 Å². The normalized spacial score (nSPS) is 14.1. The van der Waals surface area contributed by atoms with Crippen molar-refractivity contribution in [1.29, 1.82) is 0 Å². The third-order valence-electron chi connectivity index (χ3n) is 6.19. The molecule has 0 saturated carbocycles. The van der Waals surface area contributed by atoms with E-state index in [-0.39, 0.29) is 12.4 Å². The molecule has 0 spiro atoms. The number of aryl methyl sites for hydroxylation is 1. The van der Waals surface area contributed by atoms with Gasteiger partial charge in [0.25, 0.3) is 0 Å². The number of para-hydroxylation sites is 1. The summed E-state index contributed by atoms with van der Waals surface area (Å²) in [5.41, 5.74) is 4.33. The molecular weight excluding hydrogens is 480 g/mol. The van der Waals surface area contributed by atoms with Crippen LogP contribution in [0.25, 0.3) is 34.7 Å². The Morgan fingerprint density at radius 3 is 2.68 bits per heavy atom. The van der Waals surface area contributed by atoms with E-state index in [0.29, 0.717) is 11.5 Å². The Balaban J connectivity index is 1.56. The number of nitrogens with zero attached hydrogens (tertiary/aromatic N) is 4. The predicted molar refractivity (Wildman–Crippen MR) is 151 cm³/mol. The van der Waals surface area contributed by atoms with E-state index in [0.717, 1.165) is 39.0 Å². The lowest BCUT2D eigenvalue weighted by atomic mass is 10.1. The number of hydrogen-bond acceptors (Lipinski definition) is 6. The van der Waals surface area contributed by atoms with Crippen LogP contribution in [0, 0.1) is 0 Å². The first kappa shape index (κ1) is 25.1. The average Bonchev–Trinajstić information content (AvgIpc) is 3.51. The molecule has 1 aliphatic rings. The monoisotopic (exact) mass is 510 g/mol. The Kier molecular flexibility index (Phi) is 6.40. The van der Waals surface area contributed by atoms with Crippen molar-refractivity contribution in [2.45, 2.75) is 32.9 Å². The van der Waals surface area contributed by atoms with E-state index in [2.05, 4.69) is 9.98 Å². The molecule has 5 rings (SSSR count). The maximum atomic E-state index is 12.7. The fourth-order valence-electron chi connectivity index (χ4n) is 4.49. The Hall–Kier alpha value is -4.59. The minimum absolute atomic E-state index is 0.125. The first-order valence-electron chi connectivity index (χ1n) is 12.3. The first-order valence-corrected chi connectivity index (χ1v) is 12.3. The third-order valence-corrected chi connectivity index (χ3v) is 6.19. The lowest BCUT2D eigenvalue weighted by molar-refractivity contribution is -0.155. The number of methoxy groups -OCH3 is 1. The van der Waals surface area contributed by atoms with E-state index >= 15 is 0 Å². The summed E-state index contributed by atoms with van der Waals surface area (Å²) >= 11 is 0. The van der Waals surface area contributed by atoms with E-state index in [9.17, 15) is 9.90 Å². The van der Waals surface area contributed by atoms with Crippen molar-refractivity contribution in [3.05, 3.63) is 71.3 Å². The fourth-order valence-corrected chi connectivity index (χ4v) is 4.49. The second-order valence-electron chi connectivity index (χ2n) is 10.1. The van der Waals surface area contributed by atoms with Crippen molar-refractivity contribution >= 4 is 52.6 Å². The highest BCUT2D eigenvalue weighted by Crippen LogP contribution is 2.34. The van der Waals surface area contributed by atoms with Crippen LogP contribution in [0.2, 0.25) is 0 Å². The van der Waals surface area contributed by atoms with Crippen LogP contribution in [0.5, 0.6) is 11.6 Å². The molecule has 0 amide bonds. The number of carbonyl (C=O) groups excluding carboxylic acids is 1. The molecule has 2 aromatic carbocycles. The smallest absolute Gasteiger partial charge is 0.326 e. The minimum atomic E-state index is -0.653. The molecule has 0 atom stereocenters. The van der Waals surface area contributed by atoms with E-state index in [4.69, 9.17) is 9.47 Å². The van der Waals surface area contributed by atoms with Gasteiger partial charge >= 0.3 is 5.97 Å². The molecule has 1 N–H and O–H groups in total. The van der Waals surface area contributed by atoms with Gasteiger partial charge in [0, 0.05) is 47.1 Å². The molecule has 1 aliphatic heterocycles. The Morgan fingerprint density at radius 2 is 1.92 bits per heavy atom. The number of hydrogen-bond donors (Lipinski definition) is 1. The number of ether oxygens (including phenoxy) is 2. The average molecular weight is 511 g/mol. The fraction of sp³-hybridized carbons (Fsp3) is 0.233. The van der Waals surface area contributed by atoms with Crippen molar-refractivity contribution < 1.29 is 19.4 Å². The molecule has 3 heterocycles. The van der Waals surface area contributed by atoms with Crippen LogP contribution >= 0.6 is 0 Å². The molecule has 4 aromatic rings. The topological polar surface area (TPSA) is 90.9 Å². The van der Waals surface area contributed by atoms with E-state index in [1.54, 1.807) is 46.2 Å². The summed E-state index contributed by atoms with van der Waals surface area (Å²) in [5, 5.41) is 12.2. The zero-order valence-electron chi connectivity index (χ0n) is 22.1. The molecule has 2 aromatic heterocycles. The summed E-state index contributed by atoms with van der Waals surface area (Å²) < 4.78 is 14.4. The standard InChI is InChI=1S/C30H30N4O4/c1-30(2,3)38-28(35)18-34-27(13-10-19-17-33(4)26-12-11-21(37-5)15-23(19)26)32-25(29(34)36)14-20-16-31-24-9-7-6-8-22(20)24/h6-17,36H,18H2,1-5H3/b13-10+,20-14+. The number of imidazole rings is 1. The summed E-state index contributed by atoms with van der Waals surface area (Å²) in [7, 11) is 3.62. The van der Waals surface area contributed by atoms with Crippen LogP contribution in [0.4, 0.5) is 5.69 Å². The number of benzene rings is 2. The molecule has 38 heavy (non-hydrogen) atoms. The summed E-state index contributed by atoms with van der Waals surface area (Å²) in [6.07, 6.45) is 9.23. The summed E-state index contributed by atoms with van der Waals surface area (Å²) in [6, 6.07) is 13.7. The number of rotatable bonds is 6. The van der Waals surface area contributed by atoms with E-state index < -0.39 is 11.6 Å². The lowest BCUT2D eigenvalue weighted by Crippen LogP contribution is -2.26. The molecule has 8 heteroatoms. The summed E-state index contributed by atoms with van der Waals surface area (Å²) in [4.78, 5) is 21.8. The van der Waals surface area contributed by atoms with Gasteiger partial charge in [-0.15, -0.1) is 0 Å². The Bertz CT molecular complexity index is 1630. The Labute approximate surface area is 221 Å². The van der Waals surface area contributed by atoms with Crippen LogP contribution in [0.1, 0.15) is 43.4 Å². The Morgan fingerprint density at radius 1 is 1.13 bits per heavy atom. The van der Waals surface area contributed by atoms with Gasteiger partial charge in [-0.05, 0) is 63.3 Å². The molecule has 0 saturated heterocycles. The van der Waals surface area contributed by atoms with Crippen molar-refractivity contribution in [2.24, 2.45) is 12.0 Å². The quantitative estimate of drug-likeness (QED) is 0.328. The number of esters is 1. The van der Waals surface area contributed by atoms with Crippen molar-refractivity contribution in [3.8, 4) is 11.6 Å². The highest BCUT2D eigenvalue weighted by molar-refractivity contribution is 6.21. The molecule has 0 bridgehead atoms. The molecule has 0 unspecified atom stereocenters. The van der Waals surface area contributed by atoms with Gasteiger partial charge in [0.1, 0.15) is 29.4 Å². The molecule has 194 valence electrons. The predicted octanol–water partition coefficient (Wildman–Crippen LogP) is 5.86. The van der Waals surface area contributed by atoms with Gasteiger partial charge in [-0.2, -0.15) is 0 Å². The number of allylic oxidation sites excluding steroid dienone is 1. The number of aliphatic imine (C=N–C) groups is 1. The molecule has 0 fully saturated rings. The van der Waals surface area contributed by atoms with Gasteiger partial charge in [0.15, 0.2) is 0 Å². The van der Waals surface area contributed by atoms with Crippen LogP contribution in [0.15, 0.2) is 53.7 Å². The number of aromatic nitrogens is 3. The minimum Gasteiger partial charge on any atom is -0.497 e. The highest BCUT2D eigenvalue weighted by atomic mass is 16.6. The zero-order chi connectivity index (χ0) is 27.0. The van der Waals surface area contributed by atoms with Crippen LogP contribution < -0.4 is 4.74 Å². The lowest BCUT2D eigenvalue weighted by Gasteiger charge is -2.20. The van der Waals surface area contributed by atoms with Crippen LogP contribution in [0.3, 0.4) is 0 Å². The van der Waals surface area contributed by atoms with Gasteiger partial charge in [-0.1, -0.05) is 18.2 Å². The second kappa shape index (κ2) is 9.70.